The van der Waals surface area contributed by atoms with Crippen molar-refractivity contribution in [2.75, 3.05) is 13.1 Å². The summed E-state index contributed by atoms with van der Waals surface area (Å²) in [4.78, 5) is 14.5. The van der Waals surface area contributed by atoms with Crippen LogP contribution in [0.5, 0.6) is 0 Å². The van der Waals surface area contributed by atoms with Crippen molar-refractivity contribution in [3.63, 3.8) is 0 Å². The van der Waals surface area contributed by atoms with Crippen LogP contribution >= 0.6 is 11.6 Å². The molecule has 1 aromatic heterocycles. The molecule has 3 rings (SSSR count). The van der Waals surface area contributed by atoms with Gasteiger partial charge in [-0.05, 0) is 51.0 Å². The van der Waals surface area contributed by atoms with E-state index in [0.717, 1.165) is 48.6 Å². The lowest BCUT2D eigenvalue weighted by Crippen LogP contribution is -2.43. The highest BCUT2D eigenvalue weighted by atomic mass is 35.5. The van der Waals surface area contributed by atoms with E-state index in [1.54, 1.807) is 0 Å². The number of halogens is 1. The van der Waals surface area contributed by atoms with Gasteiger partial charge in [-0.3, -0.25) is 4.79 Å². The van der Waals surface area contributed by atoms with Crippen molar-refractivity contribution in [3.8, 4) is 5.69 Å². The number of piperidine rings is 1. The topological polar surface area (TPSA) is 64.2 Å². The zero-order chi connectivity index (χ0) is 17.3. The number of carbonyl (C=O) groups is 1. The molecule has 24 heavy (non-hydrogen) atoms. The molecule has 5 nitrogen and oxygen atoms in total. The Balaban J connectivity index is 1.79. The number of rotatable bonds is 3. The molecule has 128 valence electrons. The van der Waals surface area contributed by atoms with Gasteiger partial charge in [0.05, 0.1) is 17.8 Å². The molecule has 0 bridgehead atoms. The van der Waals surface area contributed by atoms with Gasteiger partial charge in [-0.25, -0.2) is 4.68 Å². The van der Waals surface area contributed by atoms with E-state index < -0.39 is 0 Å². The second-order valence-electron chi connectivity index (χ2n) is 6.43. The Bertz CT molecular complexity index is 730. The van der Waals surface area contributed by atoms with Crippen molar-refractivity contribution in [3.05, 3.63) is 46.2 Å². The summed E-state index contributed by atoms with van der Waals surface area (Å²) in [6.07, 6.45) is 2.15. The maximum Gasteiger partial charge on any atom is 0.227 e. The number of benzene rings is 1. The smallest absolute Gasteiger partial charge is 0.227 e. The third-order valence-electron chi connectivity index (χ3n) is 4.73. The summed E-state index contributed by atoms with van der Waals surface area (Å²) < 4.78 is 1.88. The summed E-state index contributed by atoms with van der Waals surface area (Å²) in [5.41, 5.74) is 9.76. The zero-order valence-electron chi connectivity index (χ0n) is 14.1. The summed E-state index contributed by atoms with van der Waals surface area (Å²) in [5, 5.41) is 5.30. The van der Waals surface area contributed by atoms with Gasteiger partial charge in [0.1, 0.15) is 0 Å². The number of hydrogen-bond donors (Lipinski definition) is 1. The highest BCUT2D eigenvalue weighted by molar-refractivity contribution is 6.30. The van der Waals surface area contributed by atoms with E-state index in [2.05, 4.69) is 5.10 Å². The van der Waals surface area contributed by atoms with Crippen molar-refractivity contribution in [2.45, 2.75) is 39.2 Å². The van der Waals surface area contributed by atoms with Crippen LogP contribution in [0.25, 0.3) is 5.69 Å². The van der Waals surface area contributed by atoms with E-state index >= 15 is 0 Å². The number of nitrogens with two attached hydrogens (primary N) is 1. The lowest BCUT2D eigenvalue weighted by molar-refractivity contribution is -0.131. The Hall–Kier alpha value is -1.85. The van der Waals surface area contributed by atoms with Gasteiger partial charge in [-0.15, -0.1) is 0 Å². The molecular formula is C18H23ClN4O. The third kappa shape index (κ3) is 3.47. The normalized spacial score (nSPS) is 15.8. The number of hydrogen-bond acceptors (Lipinski definition) is 3. The molecule has 6 heteroatoms. The van der Waals surface area contributed by atoms with Crippen molar-refractivity contribution >= 4 is 17.5 Å². The van der Waals surface area contributed by atoms with Gasteiger partial charge in [-0.2, -0.15) is 5.10 Å². The lowest BCUT2D eigenvalue weighted by atomic mass is 10.0. The fourth-order valence-electron chi connectivity index (χ4n) is 3.18. The maximum absolute atomic E-state index is 12.6. The van der Waals surface area contributed by atoms with Crippen LogP contribution < -0.4 is 5.73 Å². The predicted molar refractivity (Wildman–Crippen MR) is 95.5 cm³/mol. The maximum atomic E-state index is 12.6. The average molecular weight is 347 g/mol. The first-order valence-corrected chi connectivity index (χ1v) is 8.68. The van der Waals surface area contributed by atoms with E-state index in [1.807, 2.05) is 47.7 Å². The molecule has 1 fully saturated rings. The Kier molecular flexibility index (Phi) is 4.92. The lowest BCUT2D eigenvalue weighted by Gasteiger charge is -2.30. The Morgan fingerprint density at radius 1 is 1.25 bits per heavy atom. The molecule has 0 saturated carbocycles. The summed E-state index contributed by atoms with van der Waals surface area (Å²) in [6, 6.07) is 7.77. The number of amides is 1. The molecule has 1 amide bonds. The largest absolute Gasteiger partial charge is 0.342 e. The minimum atomic E-state index is 0.156. The van der Waals surface area contributed by atoms with E-state index in [-0.39, 0.29) is 11.9 Å². The first kappa shape index (κ1) is 17.0. The van der Waals surface area contributed by atoms with Gasteiger partial charge in [0.15, 0.2) is 0 Å². The van der Waals surface area contributed by atoms with Crippen molar-refractivity contribution < 1.29 is 4.79 Å². The van der Waals surface area contributed by atoms with Crippen LogP contribution in [0.3, 0.4) is 0 Å². The molecule has 1 saturated heterocycles. The molecule has 2 N–H and O–H groups in total. The highest BCUT2D eigenvalue weighted by Gasteiger charge is 2.23. The number of carbonyl (C=O) groups excluding carboxylic acids is 1. The third-order valence-corrected chi connectivity index (χ3v) is 4.98. The molecule has 0 atom stereocenters. The Morgan fingerprint density at radius 2 is 1.88 bits per heavy atom. The number of nitrogens with zero attached hydrogens (tertiary/aromatic N) is 3. The number of aryl methyl sites for hydroxylation is 1. The van der Waals surface area contributed by atoms with E-state index in [0.29, 0.717) is 11.4 Å². The molecule has 0 spiro atoms. The van der Waals surface area contributed by atoms with Gasteiger partial charge in [-0.1, -0.05) is 11.6 Å². The van der Waals surface area contributed by atoms with Crippen LogP contribution in [0.4, 0.5) is 0 Å². The molecule has 1 aromatic carbocycles. The molecule has 0 radical (unpaired) electrons. The van der Waals surface area contributed by atoms with E-state index in [9.17, 15) is 4.79 Å². The van der Waals surface area contributed by atoms with Crippen LogP contribution in [-0.4, -0.2) is 39.7 Å². The molecule has 1 aliphatic rings. The number of aromatic nitrogens is 2. The van der Waals surface area contributed by atoms with Crippen molar-refractivity contribution in [1.82, 2.24) is 14.7 Å². The van der Waals surface area contributed by atoms with E-state index in [4.69, 9.17) is 17.3 Å². The SMILES string of the molecule is Cc1nn(-c2ccc(Cl)cc2)c(C)c1CC(=O)N1CCC(N)CC1. The first-order chi connectivity index (χ1) is 11.5. The average Bonchev–Trinajstić information content (AvgIpc) is 2.84. The van der Waals surface area contributed by atoms with Crippen LogP contribution in [0.15, 0.2) is 24.3 Å². The molecule has 2 heterocycles. The standard InChI is InChI=1S/C18H23ClN4O/c1-12-17(11-18(24)22-9-7-15(20)8-10-22)13(2)23(21-12)16-5-3-14(19)4-6-16/h3-6,15H,7-11,20H2,1-2H3. The minimum Gasteiger partial charge on any atom is -0.342 e. The summed E-state index contributed by atoms with van der Waals surface area (Å²) in [6.45, 7) is 5.46. The fourth-order valence-corrected chi connectivity index (χ4v) is 3.30. The van der Waals surface area contributed by atoms with Crippen LogP contribution in [0.1, 0.15) is 29.8 Å². The highest BCUT2D eigenvalue weighted by Crippen LogP contribution is 2.21. The minimum absolute atomic E-state index is 0.156. The Morgan fingerprint density at radius 3 is 2.50 bits per heavy atom. The fraction of sp³-hybridized carbons (Fsp3) is 0.444. The van der Waals surface area contributed by atoms with Gasteiger partial charge in [0.25, 0.3) is 0 Å². The van der Waals surface area contributed by atoms with Gasteiger partial charge >= 0.3 is 0 Å². The first-order valence-electron chi connectivity index (χ1n) is 8.30. The molecule has 1 aliphatic heterocycles. The van der Waals surface area contributed by atoms with Crippen molar-refractivity contribution in [2.24, 2.45) is 5.73 Å². The predicted octanol–water partition coefficient (Wildman–Crippen LogP) is 2.63. The van der Waals surface area contributed by atoms with E-state index in [1.165, 1.54) is 0 Å². The molecule has 0 aliphatic carbocycles. The van der Waals surface area contributed by atoms with Crippen molar-refractivity contribution in [1.29, 1.82) is 0 Å². The van der Waals surface area contributed by atoms with Crippen LogP contribution in [0.2, 0.25) is 5.02 Å². The second-order valence-corrected chi connectivity index (χ2v) is 6.87. The molecule has 2 aromatic rings. The molecular weight excluding hydrogens is 324 g/mol. The number of likely N-dealkylation sites (tertiary alicyclic amines) is 1. The van der Waals surface area contributed by atoms with Crippen LogP contribution in [0, 0.1) is 13.8 Å². The molecule has 0 unspecified atom stereocenters. The monoisotopic (exact) mass is 346 g/mol. The summed E-state index contributed by atoms with van der Waals surface area (Å²) in [7, 11) is 0. The Labute approximate surface area is 147 Å². The summed E-state index contributed by atoms with van der Waals surface area (Å²) in [5.74, 6) is 0.156. The summed E-state index contributed by atoms with van der Waals surface area (Å²) >= 11 is 5.95. The van der Waals surface area contributed by atoms with Gasteiger partial charge < -0.3 is 10.6 Å². The quantitative estimate of drug-likeness (QED) is 0.929. The van der Waals surface area contributed by atoms with Gasteiger partial charge in [0.2, 0.25) is 5.91 Å². The van der Waals surface area contributed by atoms with Gasteiger partial charge in [0, 0.05) is 35.4 Å². The van der Waals surface area contributed by atoms with Crippen LogP contribution in [-0.2, 0) is 11.2 Å². The zero-order valence-corrected chi connectivity index (χ0v) is 14.9. The second kappa shape index (κ2) is 6.95.